The van der Waals surface area contributed by atoms with E-state index in [0.717, 1.165) is 53.6 Å². The number of aromatic nitrogens is 2. The number of nitrogens with one attached hydrogen (secondary N) is 2. The van der Waals surface area contributed by atoms with Crippen LogP contribution in [0.15, 0.2) is 48.5 Å². The number of rotatable bonds is 7. The molecule has 0 bridgehead atoms. The number of thiophene rings is 1. The van der Waals surface area contributed by atoms with Crippen LogP contribution in [0.4, 0.5) is 11.8 Å². The van der Waals surface area contributed by atoms with Crippen LogP contribution in [-0.2, 0) is 6.54 Å². The SMILES string of the molecule is CN(C)c1nc(NC2CCC(CNCc3sc4ccccc4c3Cl)CC2)nc2ccccc12. The van der Waals surface area contributed by atoms with Crippen LogP contribution in [0.2, 0.25) is 5.02 Å². The molecule has 1 fully saturated rings. The summed E-state index contributed by atoms with van der Waals surface area (Å²) < 4.78 is 1.26. The lowest BCUT2D eigenvalue weighted by Gasteiger charge is -2.29. The minimum Gasteiger partial charge on any atom is -0.362 e. The van der Waals surface area contributed by atoms with Crippen molar-refractivity contribution >= 4 is 55.7 Å². The van der Waals surface area contributed by atoms with Gasteiger partial charge in [0.1, 0.15) is 5.82 Å². The highest BCUT2D eigenvalue weighted by molar-refractivity contribution is 7.19. The van der Waals surface area contributed by atoms with Gasteiger partial charge in [-0.1, -0.05) is 41.9 Å². The summed E-state index contributed by atoms with van der Waals surface area (Å²) >= 11 is 8.38. The van der Waals surface area contributed by atoms with Gasteiger partial charge in [0.05, 0.1) is 10.5 Å². The topological polar surface area (TPSA) is 53.1 Å². The molecular formula is C26H30ClN5S. The molecule has 0 amide bonds. The molecule has 2 heterocycles. The smallest absolute Gasteiger partial charge is 0.225 e. The Morgan fingerprint density at radius 2 is 1.70 bits per heavy atom. The van der Waals surface area contributed by atoms with E-state index in [1.165, 1.54) is 27.8 Å². The first kappa shape index (κ1) is 22.4. The van der Waals surface area contributed by atoms with Crippen molar-refractivity contribution in [1.82, 2.24) is 15.3 Å². The number of hydrogen-bond acceptors (Lipinski definition) is 6. The van der Waals surface area contributed by atoms with E-state index in [1.807, 2.05) is 26.2 Å². The second-order valence-electron chi connectivity index (χ2n) is 9.11. The summed E-state index contributed by atoms with van der Waals surface area (Å²) in [6, 6.07) is 17.0. The Kier molecular flexibility index (Phi) is 6.67. The third-order valence-corrected chi connectivity index (χ3v) is 8.22. The molecule has 0 saturated heterocycles. The van der Waals surface area contributed by atoms with Crippen LogP contribution in [0.25, 0.3) is 21.0 Å². The average Bonchev–Trinajstić information content (AvgIpc) is 3.15. The van der Waals surface area contributed by atoms with E-state index in [9.17, 15) is 0 Å². The second kappa shape index (κ2) is 9.84. The molecule has 1 aliphatic rings. The van der Waals surface area contributed by atoms with Crippen LogP contribution in [-0.4, -0.2) is 36.6 Å². The van der Waals surface area contributed by atoms with Gasteiger partial charge in [-0.05, 0) is 56.3 Å². The maximum absolute atomic E-state index is 6.59. The van der Waals surface area contributed by atoms with Crippen molar-refractivity contribution in [2.75, 3.05) is 30.9 Å². The molecule has 0 unspecified atom stereocenters. The molecule has 1 aliphatic carbocycles. The lowest BCUT2D eigenvalue weighted by atomic mass is 9.86. The Bertz CT molecular complexity index is 1250. The molecule has 2 aromatic carbocycles. The Labute approximate surface area is 204 Å². The van der Waals surface area contributed by atoms with Crippen LogP contribution in [0.3, 0.4) is 0 Å². The van der Waals surface area contributed by atoms with Crippen LogP contribution in [0.1, 0.15) is 30.6 Å². The van der Waals surface area contributed by atoms with Crippen molar-refractivity contribution < 1.29 is 0 Å². The van der Waals surface area contributed by atoms with Crippen molar-refractivity contribution in [1.29, 1.82) is 0 Å². The highest BCUT2D eigenvalue weighted by atomic mass is 35.5. The van der Waals surface area contributed by atoms with Crippen molar-refractivity contribution in [2.45, 2.75) is 38.3 Å². The van der Waals surface area contributed by atoms with Gasteiger partial charge in [-0.25, -0.2) is 4.98 Å². The highest BCUT2D eigenvalue weighted by Crippen LogP contribution is 2.35. The molecule has 0 spiro atoms. The van der Waals surface area contributed by atoms with Crippen LogP contribution >= 0.6 is 22.9 Å². The standard InChI is InChI=1S/C26H30ClN5S/c1-32(2)25-19-7-3-5-9-21(19)30-26(31-25)29-18-13-11-17(12-14-18)15-28-16-23-24(27)20-8-4-6-10-22(20)33-23/h3-10,17-18,28H,11-16H2,1-2H3,(H,29,30,31). The van der Waals surface area contributed by atoms with Gasteiger partial charge in [0.25, 0.3) is 0 Å². The van der Waals surface area contributed by atoms with E-state index in [4.69, 9.17) is 21.6 Å². The number of hydrogen-bond donors (Lipinski definition) is 2. The third kappa shape index (κ3) is 4.93. The lowest BCUT2D eigenvalue weighted by molar-refractivity contribution is 0.324. The van der Waals surface area contributed by atoms with E-state index in [0.29, 0.717) is 12.0 Å². The molecule has 4 aromatic rings. The van der Waals surface area contributed by atoms with Crippen molar-refractivity contribution in [2.24, 2.45) is 5.92 Å². The van der Waals surface area contributed by atoms with E-state index in [1.54, 1.807) is 11.3 Å². The van der Waals surface area contributed by atoms with E-state index < -0.39 is 0 Å². The summed E-state index contributed by atoms with van der Waals surface area (Å²) in [7, 11) is 4.06. The molecule has 2 N–H and O–H groups in total. The van der Waals surface area contributed by atoms with Gasteiger partial charge in [0, 0.05) is 47.0 Å². The Balaban J connectivity index is 1.14. The predicted octanol–water partition coefficient (Wildman–Crippen LogP) is 6.32. The molecule has 0 aliphatic heterocycles. The maximum Gasteiger partial charge on any atom is 0.225 e. The predicted molar refractivity (Wildman–Crippen MR) is 142 cm³/mol. The van der Waals surface area contributed by atoms with Crippen molar-refractivity contribution in [3.8, 4) is 0 Å². The van der Waals surface area contributed by atoms with E-state index >= 15 is 0 Å². The van der Waals surface area contributed by atoms with Crippen LogP contribution in [0.5, 0.6) is 0 Å². The monoisotopic (exact) mass is 479 g/mol. The number of fused-ring (bicyclic) bond motifs is 2. The fourth-order valence-electron chi connectivity index (χ4n) is 4.73. The minimum absolute atomic E-state index is 0.425. The van der Waals surface area contributed by atoms with Crippen molar-refractivity contribution in [3.63, 3.8) is 0 Å². The van der Waals surface area contributed by atoms with Gasteiger partial charge in [-0.2, -0.15) is 4.98 Å². The summed E-state index contributed by atoms with van der Waals surface area (Å²) in [6.07, 6.45) is 4.70. The maximum atomic E-state index is 6.59. The molecule has 172 valence electrons. The number of nitrogens with zero attached hydrogens (tertiary/aromatic N) is 3. The minimum atomic E-state index is 0.425. The molecule has 5 nitrogen and oxygen atoms in total. The molecule has 5 rings (SSSR count). The third-order valence-electron chi connectivity index (χ3n) is 6.51. The fourth-order valence-corrected chi connectivity index (χ4v) is 6.20. The lowest BCUT2D eigenvalue weighted by Crippen LogP contribution is -2.31. The van der Waals surface area contributed by atoms with Gasteiger partial charge in [-0.15, -0.1) is 11.3 Å². The Morgan fingerprint density at radius 1 is 0.970 bits per heavy atom. The summed E-state index contributed by atoms with van der Waals surface area (Å²) in [4.78, 5) is 12.9. The zero-order valence-electron chi connectivity index (χ0n) is 19.1. The largest absolute Gasteiger partial charge is 0.362 e. The quantitative estimate of drug-likeness (QED) is 0.324. The molecule has 0 atom stereocenters. The first-order chi connectivity index (χ1) is 16.1. The number of para-hydroxylation sites is 1. The molecule has 2 aromatic heterocycles. The highest BCUT2D eigenvalue weighted by Gasteiger charge is 2.22. The summed E-state index contributed by atoms with van der Waals surface area (Å²) in [6.45, 7) is 1.88. The Hall–Kier alpha value is -2.41. The first-order valence-electron chi connectivity index (χ1n) is 11.7. The molecular weight excluding hydrogens is 450 g/mol. The normalized spacial score (nSPS) is 18.6. The van der Waals surface area contributed by atoms with Gasteiger partial charge in [0.15, 0.2) is 0 Å². The average molecular weight is 480 g/mol. The van der Waals surface area contributed by atoms with Gasteiger partial charge in [0.2, 0.25) is 5.95 Å². The van der Waals surface area contributed by atoms with Crippen LogP contribution in [0, 0.1) is 5.92 Å². The van der Waals surface area contributed by atoms with Gasteiger partial charge >= 0.3 is 0 Å². The summed E-state index contributed by atoms with van der Waals surface area (Å²) in [5, 5.41) is 10.4. The summed E-state index contributed by atoms with van der Waals surface area (Å²) in [5.74, 6) is 2.39. The molecule has 7 heteroatoms. The summed E-state index contributed by atoms with van der Waals surface area (Å²) in [5.41, 5.74) is 0.983. The number of anilines is 2. The molecule has 33 heavy (non-hydrogen) atoms. The number of halogens is 1. The Morgan fingerprint density at radius 3 is 2.45 bits per heavy atom. The first-order valence-corrected chi connectivity index (χ1v) is 12.8. The zero-order valence-corrected chi connectivity index (χ0v) is 20.7. The molecule has 0 radical (unpaired) electrons. The zero-order chi connectivity index (χ0) is 22.8. The second-order valence-corrected chi connectivity index (χ2v) is 10.6. The van der Waals surface area contributed by atoms with E-state index in [-0.39, 0.29) is 0 Å². The molecule has 1 saturated carbocycles. The van der Waals surface area contributed by atoms with Gasteiger partial charge in [-0.3, -0.25) is 0 Å². The van der Waals surface area contributed by atoms with Crippen LogP contribution < -0.4 is 15.5 Å². The van der Waals surface area contributed by atoms with Gasteiger partial charge < -0.3 is 15.5 Å². The number of benzene rings is 2. The van der Waals surface area contributed by atoms with Crippen molar-refractivity contribution in [3.05, 3.63) is 58.4 Å². The van der Waals surface area contributed by atoms with E-state index in [2.05, 4.69) is 51.9 Å². The fraction of sp³-hybridized carbons (Fsp3) is 0.385.